The van der Waals surface area contributed by atoms with E-state index in [2.05, 4.69) is 16.7 Å². The van der Waals surface area contributed by atoms with Gasteiger partial charge in [-0.15, -0.1) is 0 Å². The molecule has 2 fully saturated rings. The number of nitrogens with one attached hydrogen (secondary N) is 2. The molecule has 2 heterocycles. The number of anilines is 1. The number of imide groups is 1. The van der Waals surface area contributed by atoms with Crippen LogP contribution in [0.2, 0.25) is 0 Å². The summed E-state index contributed by atoms with van der Waals surface area (Å²) in [6, 6.07) is 15.4. The summed E-state index contributed by atoms with van der Waals surface area (Å²) >= 11 is 0. The molecule has 168 valence electrons. The molecule has 1 unspecified atom stereocenters. The minimum absolute atomic E-state index is 0.0758. The van der Waals surface area contributed by atoms with Crippen molar-refractivity contribution in [3.63, 3.8) is 0 Å². The highest BCUT2D eigenvalue weighted by Gasteiger charge is 2.43. The molecule has 33 heavy (non-hydrogen) atoms. The fourth-order valence-corrected chi connectivity index (χ4v) is 5.43. The minimum Gasteiger partial charge on any atom is -0.339 e. The van der Waals surface area contributed by atoms with E-state index in [0.717, 1.165) is 41.5 Å². The van der Waals surface area contributed by atoms with Crippen LogP contribution in [0.4, 0.5) is 5.69 Å². The Labute approximate surface area is 192 Å². The molecule has 7 heteroatoms. The third kappa shape index (κ3) is 4.03. The molecule has 1 saturated carbocycles. The van der Waals surface area contributed by atoms with Gasteiger partial charge >= 0.3 is 0 Å². The molecular formula is C26H26N4O3. The van der Waals surface area contributed by atoms with Crippen LogP contribution in [0, 0.1) is 17.2 Å². The Hall–Kier alpha value is -3.50. The number of nitrogens with zero attached hydrogens (tertiary/aromatic N) is 2. The van der Waals surface area contributed by atoms with Gasteiger partial charge in [-0.25, -0.2) is 0 Å². The molecule has 4 atom stereocenters. The van der Waals surface area contributed by atoms with E-state index >= 15 is 0 Å². The van der Waals surface area contributed by atoms with E-state index in [9.17, 15) is 19.6 Å². The fraction of sp³-hybridized carbons (Fsp3) is 0.385. The number of amides is 3. The molecular weight excluding hydrogens is 416 g/mol. The molecule has 2 N–H and O–H groups in total. The zero-order valence-electron chi connectivity index (χ0n) is 18.5. The van der Waals surface area contributed by atoms with E-state index in [1.807, 2.05) is 42.5 Å². The predicted molar refractivity (Wildman–Crippen MR) is 123 cm³/mol. The second kappa shape index (κ2) is 8.45. The summed E-state index contributed by atoms with van der Waals surface area (Å²) in [5.41, 5.74) is 4.32. The van der Waals surface area contributed by atoms with E-state index in [-0.39, 0.29) is 30.2 Å². The largest absolute Gasteiger partial charge is 0.339 e. The summed E-state index contributed by atoms with van der Waals surface area (Å²) < 4.78 is 0. The Balaban J connectivity index is 1.26. The number of carbonyl (C=O) groups excluding carboxylic acids is 3. The molecule has 0 aromatic heterocycles. The molecule has 2 aliphatic heterocycles. The maximum Gasteiger partial charge on any atom is 0.238 e. The van der Waals surface area contributed by atoms with Crippen LogP contribution in [0.15, 0.2) is 42.5 Å². The smallest absolute Gasteiger partial charge is 0.238 e. The Bertz CT molecular complexity index is 1170. The number of hydrogen-bond donors (Lipinski definition) is 2. The summed E-state index contributed by atoms with van der Waals surface area (Å²) in [5, 5.41) is 15.9. The number of rotatable bonds is 5. The number of benzene rings is 2. The van der Waals surface area contributed by atoms with Crippen molar-refractivity contribution in [2.24, 2.45) is 5.92 Å². The standard InChI is InChI=1S/C26H26N4O3/c1-15(31)30-23-12-18(6-7-19(23)13-24(30)32)17-4-2-16(3-5-17)10-22(14-27)29-26(33)25-20-8-9-21(11-20)28-25/h2-7,12,20-22,25,28H,8-11,13H2,1H3,(H,29,33)/t20-,21+,22-,25?/m0/s1. The third-order valence-corrected chi connectivity index (χ3v) is 7.07. The van der Waals surface area contributed by atoms with Gasteiger partial charge in [-0.05, 0) is 53.5 Å². The van der Waals surface area contributed by atoms with Gasteiger partial charge in [0.05, 0.1) is 24.2 Å². The molecule has 1 saturated heterocycles. The number of hydrogen-bond acceptors (Lipinski definition) is 5. The topological polar surface area (TPSA) is 102 Å². The van der Waals surface area contributed by atoms with Gasteiger partial charge in [-0.2, -0.15) is 5.26 Å². The van der Waals surface area contributed by atoms with Gasteiger partial charge in [0.15, 0.2) is 0 Å². The van der Waals surface area contributed by atoms with Gasteiger partial charge < -0.3 is 10.6 Å². The molecule has 2 bridgehead atoms. The van der Waals surface area contributed by atoms with Gasteiger partial charge in [-0.3, -0.25) is 19.3 Å². The fourth-order valence-electron chi connectivity index (χ4n) is 5.43. The van der Waals surface area contributed by atoms with Crippen molar-refractivity contribution >= 4 is 23.4 Å². The lowest BCUT2D eigenvalue weighted by atomic mass is 9.97. The lowest BCUT2D eigenvalue weighted by molar-refractivity contribution is -0.125. The SMILES string of the molecule is CC(=O)N1C(=O)Cc2ccc(-c3ccc(C[C@@H](C#N)NC(=O)C4N[C@@H]5CC[C@H]4C5)cc3)cc21. The van der Waals surface area contributed by atoms with Crippen LogP contribution in [0.25, 0.3) is 11.1 Å². The van der Waals surface area contributed by atoms with Crippen molar-refractivity contribution in [2.75, 3.05) is 4.90 Å². The Morgan fingerprint density at radius 1 is 1.18 bits per heavy atom. The van der Waals surface area contributed by atoms with E-state index in [1.54, 1.807) is 0 Å². The lowest BCUT2D eigenvalue weighted by Gasteiger charge is -2.23. The lowest BCUT2D eigenvalue weighted by Crippen LogP contribution is -2.50. The molecule has 5 rings (SSSR count). The van der Waals surface area contributed by atoms with E-state index in [1.165, 1.54) is 11.8 Å². The highest BCUT2D eigenvalue weighted by Crippen LogP contribution is 2.35. The zero-order valence-corrected chi connectivity index (χ0v) is 18.5. The first-order chi connectivity index (χ1) is 15.9. The average molecular weight is 443 g/mol. The van der Waals surface area contributed by atoms with E-state index in [4.69, 9.17) is 0 Å². The van der Waals surface area contributed by atoms with Gasteiger partial charge in [0, 0.05) is 19.4 Å². The number of fused-ring (bicyclic) bond motifs is 3. The van der Waals surface area contributed by atoms with Crippen molar-refractivity contribution < 1.29 is 14.4 Å². The minimum atomic E-state index is -0.584. The number of carbonyl (C=O) groups is 3. The van der Waals surface area contributed by atoms with Crippen molar-refractivity contribution in [2.45, 2.75) is 57.2 Å². The molecule has 2 aromatic carbocycles. The zero-order chi connectivity index (χ0) is 23.1. The highest BCUT2D eigenvalue weighted by molar-refractivity contribution is 6.18. The van der Waals surface area contributed by atoms with Gasteiger partial charge in [-0.1, -0.05) is 36.4 Å². The highest BCUT2D eigenvalue weighted by atomic mass is 16.2. The van der Waals surface area contributed by atoms with Crippen LogP contribution in [0.5, 0.6) is 0 Å². The first kappa shape index (κ1) is 21.4. The molecule has 2 aromatic rings. The quantitative estimate of drug-likeness (QED) is 0.741. The number of piperidine rings is 1. The van der Waals surface area contributed by atoms with Gasteiger partial charge in [0.2, 0.25) is 17.7 Å². The van der Waals surface area contributed by atoms with Crippen molar-refractivity contribution in [3.05, 3.63) is 53.6 Å². The first-order valence-electron chi connectivity index (χ1n) is 11.4. The van der Waals surface area contributed by atoms with Crippen LogP contribution in [0.1, 0.15) is 37.3 Å². The average Bonchev–Trinajstić information content (AvgIpc) is 3.52. The van der Waals surface area contributed by atoms with Crippen LogP contribution < -0.4 is 15.5 Å². The third-order valence-electron chi connectivity index (χ3n) is 7.07. The second-order valence-electron chi connectivity index (χ2n) is 9.27. The molecule has 0 radical (unpaired) electrons. The summed E-state index contributed by atoms with van der Waals surface area (Å²) in [5.74, 6) is -0.171. The van der Waals surface area contributed by atoms with Crippen molar-refractivity contribution in [1.82, 2.24) is 10.6 Å². The summed E-state index contributed by atoms with van der Waals surface area (Å²) in [6.07, 6.45) is 3.94. The monoisotopic (exact) mass is 442 g/mol. The van der Waals surface area contributed by atoms with E-state index in [0.29, 0.717) is 24.1 Å². The van der Waals surface area contributed by atoms with Crippen molar-refractivity contribution in [1.29, 1.82) is 5.26 Å². The number of nitriles is 1. The van der Waals surface area contributed by atoms with E-state index < -0.39 is 6.04 Å². The van der Waals surface area contributed by atoms with Crippen LogP contribution in [-0.2, 0) is 27.2 Å². The summed E-state index contributed by atoms with van der Waals surface area (Å²) in [4.78, 5) is 37.9. The second-order valence-corrected chi connectivity index (χ2v) is 9.27. The summed E-state index contributed by atoms with van der Waals surface area (Å²) in [7, 11) is 0. The predicted octanol–water partition coefficient (Wildman–Crippen LogP) is 2.48. The van der Waals surface area contributed by atoms with Gasteiger partial charge in [0.1, 0.15) is 6.04 Å². The van der Waals surface area contributed by atoms with Gasteiger partial charge in [0.25, 0.3) is 0 Å². The maximum atomic E-state index is 12.6. The molecule has 3 amide bonds. The van der Waals surface area contributed by atoms with Crippen molar-refractivity contribution in [3.8, 4) is 17.2 Å². The Morgan fingerprint density at radius 3 is 2.58 bits per heavy atom. The first-order valence-corrected chi connectivity index (χ1v) is 11.4. The summed E-state index contributed by atoms with van der Waals surface area (Å²) in [6.45, 7) is 1.40. The normalized spacial score (nSPS) is 23.8. The molecule has 0 spiro atoms. The molecule has 7 nitrogen and oxygen atoms in total. The maximum absolute atomic E-state index is 12.6. The van der Waals surface area contributed by atoms with Crippen LogP contribution in [-0.4, -0.2) is 35.8 Å². The Morgan fingerprint density at radius 2 is 1.94 bits per heavy atom. The van der Waals surface area contributed by atoms with Crippen LogP contribution in [0.3, 0.4) is 0 Å². The Kier molecular flexibility index (Phi) is 5.47. The van der Waals surface area contributed by atoms with Crippen LogP contribution >= 0.6 is 0 Å². The molecule has 3 aliphatic rings. The molecule has 1 aliphatic carbocycles.